The molecule has 1 aromatic carbocycles. The van der Waals surface area contributed by atoms with Crippen LogP contribution >= 0.6 is 0 Å². The second kappa shape index (κ2) is 8.46. The number of hydrogen-bond acceptors (Lipinski definition) is 3. The van der Waals surface area contributed by atoms with E-state index < -0.39 is 0 Å². The molecule has 1 aromatic heterocycles. The number of aromatic nitrogens is 2. The van der Waals surface area contributed by atoms with Crippen molar-refractivity contribution in [2.45, 2.75) is 33.7 Å². The molecule has 2 aromatic rings. The first-order chi connectivity index (χ1) is 11.9. The molecule has 0 unspecified atom stereocenters. The van der Waals surface area contributed by atoms with Gasteiger partial charge in [-0.2, -0.15) is 5.10 Å². The highest BCUT2D eigenvalue weighted by atomic mass is 16.2. The molecule has 1 N–H and O–H groups in total. The first-order valence-corrected chi connectivity index (χ1v) is 8.54. The summed E-state index contributed by atoms with van der Waals surface area (Å²) in [5.74, 6) is -0.286. The number of carbonyl (C=O) groups is 2. The highest BCUT2D eigenvalue weighted by molar-refractivity contribution is 5.96. The lowest BCUT2D eigenvalue weighted by Crippen LogP contribution is -2.40. The molecule has 1 heterocycles. The number of benzene rings is 1. The second-order valence-electron chi connectivity index (χ2n) is 6.18. The molecule has 6 nitrogen and oxygen atoms in total. The van der Waals surface area contributed by atoms with Crippen molar-refractivity contribution in [2.75, 3.05) is 20.1 Å². The van der Waals surface area contributed by atoms with Gasteiger partial charge in [0, 0.05) is 24.8 Å². The lowest BCUT2D eigenvalue weighted by Gasteiger charge is -2.21. The lowest BCUT2D eigenvalue weighted by molar-refractivity contribution is -0.121. The van der Waals surface area contributed by atoms with Gasteiger partial charge in [0.25, 0.3) is 5.91 Å². The van der Waals surface area contributed by atoms with Gasteiger partial charge in [-0.15, -0.1) is 0 Å². The van der Waals surface area contributed by atoms with E-state index in [2.05, 4.69) is 10.4 Å². The highest BCUT2D eigenvalue weighted by Gasteiger charge is 2.17. The Kier molecular flexibility index (Phi) is 6.33. The zero-order valence-electron chi connectivity index (χ0n) is 15.4. The van der Waals surface area contributed by atoms with Crippen LogP contribution in [0.5, 0.6) is 0 Å². The minimum absolute atomic E-state index is 0.0800. The summed E-state index contributed by atoms with van der Waals surface area (Å²) in [7, 11) is 1.57. The molecule has 0 saturated heterocycles. The standard InChI is InChI=1S/C19H26N4O2/c1-5-10-22(13-18(24)20-4)19(25)17-8-6-16(7-9-17)12-23-15(3)11-14(2)21-23/h6-9,11H,5,10,12-13H2,1-4H3,(H,20,24). The van der Waals surface area contributed by atoms with E-state index in [9.17, 15) is 9.59 Å². The summed E-state index contributed by atoms with van der Waals surface area (Å²) in [6, 6.07) is 9.55. The maximum absolute atomic E-state index is 12.6. The van der Waals surface area contributed by atoms with Crippen molar-refractivity contribution in [1.82, 2.24) is 20.0 Å². The summed E-state index contributed by atoms with van der Waals surface area (Å²) in [4.78, 5) is 25.8. The largest absolute Gasteiger partial charge is 0.358 e. The molecule has 2 rings (SSSR count). The Morgan fingerprint density at radius 2 is 1.88 bits per heavy atom. The summed E-state index contributed by atoms with van der Waals surface area (Å²) in [6.07, 6.45) is 0.804. The first-order valence-electron chi connectivity index (χ1n) is 8.54. The van der Waals surface area contributed by atoms with Crippen LogP contribution in [0.15, 0.2) is 30.3 Å². The quantitative estimate of drug-likeness (QED) is 0.838. The van der Waals surface area contributed by atoms with Crippen LogP contribution in [0.25, 0.3) is 0 Å². The topological polar surface area (TPSA) is 67.2 Å². The van der Waals surface area contributed by atoms with Crippen LogP contribution in [0, 0.1) is 13.8 Å². The summed E-state index contributed by atoms with van der Waals surface area (Å²) < 4.78 is 1.95. The van der Waals surface area contributed by atoms with E-state index in [0.29, 0.717) is 18.7 Å². The van der Waals surface area contributed by atoms with Gasteiger partial charge in [0.15, 0.2) is 0 Å². The molecule has 0 aliphatic carbocycles. The van der Waals surface area contributed by atoms with E-state index in [0.717, 1.165) is 23.4 Å². The van der Waals surface area contributed by atoms with Gasteiger partial charge in [-0.3, -0.25) is 14.3 Å². The summed E-state index contributed by atoms with van der Waals surface area (Å²) >= 11 is 0. The maximum Gasteiger partial charge on any atom is 0.254 e. The number of carbonyl (C=O) groups excluding carboxylic acids is 2. The van der Waals surface area contributed by atoms with Crippen LogP contribution in [0.1, 0.15) is 40.7 Å². The van der Waals surface area contributed by atoms with Gasteiger partial charge in [-0.25, -0.2) is 0 Å². The Labute approximate surface area is 148 Å². The summed E-state index contributed by atoms with van der Waals surface area (Å²) in [5.41, 5.74) is 3.77. The zero-order valence-corrected chi connectivity index (χ0v) is 15.4. The molecular weight excluding hydrogens is 316 g/mol. The fourth-order valence-corrected chi connectivity index (χ4v) is 2.72. The van der Waals surface area contributed by atoms with Gasteiger partial charge >= 0.3 is 0 Å². The first kappa shape index (κ1) is 18.7. The Balaban J connectivity index is 2.10. The molecule has 0 radical (unpaired) electrons. The molecule has 0 fully saturated rings. The van der Waals surface area contributed by atoms with Gasteiger partial charge in [0.1, 0.15) is 0 Å². The third-order valence-corrected chi connectivity index (χ3v) is 4.03. The smallest absolute Gasteiger partial charge is 0.254 e. The lowest BCUT2D eigenvalue weighted by atomic mass is 10.1. The van der Waals surface area contributed by atoms with E-state index >= 15 is 0 Å². The summed E-state index contributed by atoms with van der Waals surface area (Å²) in [5, 5.41) is 7.02. The van der Waals surface area contributed by atoms with Gasteiger partial charge in [0.05, 0.1) is 18.8 Å². The number of hydrogen-bond donors (Lipinski definition) is 1. The minimum atomic E-state index is -0.164. The number of rotatable bonds is 7. The molecule has 0 bridgehead atoms. The molecule has 0 spiro atoms. The molecule has 2 amide bonds. The Hall–Kier alpha value is -2.63. The zero-order chi connectivity index (χ0) is 18.4. The van der Waals surface area contributed by atoms with E-state index in [4.69, 9.17) is 0 Å². The number of aryl methyl sites for hydroxylation is 2. The van der Waals surface area contributed by atoms with Crippen molar-refractivity contribution in [3.63, 3.8) is 0 Å². The van der Waals surface area contributed by atoms with Crippen LogP contribution in [0.4, 0.5) is 0 Å². The van der Waals surface area contributed by atoms with Crippen molar-refractivity contribution >= 4 is 11.8 Å². The SMILES string of the molecule is CCCN(CC(=O)NC)C(=O)c1ccc(Cn2nc(C)cc2C)cc1. The normalized spacial score (nSPS) is 10.6. The molecule has 0 aliphatic rings. The van der Waals surface area contributed by atoms with E-state index in [-0.39, 0.29) is 18.4 Å². The molecule has 0 saturated carbocycles. The van der Waals surface area contributed by atoms with Crippen molar-refractivity contribution in [3.05, 3.63) is 52.8 Å². The van der Waals surface area contributed by atoms with Crippen LogP contribution in [-0.4, -0.2) is 46.6 Å². The second-order valence-corrected chi connectivity index (χ2v) is 6.18. The van der Waals surface area contributed by atoms with Gasteiger partial charge < -0.3 is 10.2 Å². The average molecular weight is 342 g/mol. The highest BCUT2D eigenvalue weighted by Crippen LogP contribution is 2.11. The predicted molar refractivity (Wildman–Crippen MR) is 97.5 cm³/mol. The van der Waals surface area contributed by atoms with Crippen molar-refractivity contribution in [2.24, 2.45) is 0 Å². The number of likely N-dealkylation sites (N-methyl/N-ethyl adjacent to an activating group) is 1. The van der Waals surface area contributed by atoms with E-state index in [1.165, 1.54) is 0 Å². The maximum atomic E-state index is 12.6. The Bertz CT molecular complexity index is 734. The molecule has 0 aliphatic heterocycles. The van der Waals surface area contributed by atoms with Crippen LogP contribution < -0.4 is 5.32 Å². The summed E-state index contributed by atoms with van der Waals surface area (Å²) in [6.45, 7) is 7.29. The number of amides is 2. The number of nitrogens with zero attached hydrogens (tertiary/aromatic N) is 3. The van der Waals surface area contributed by atoms with Crippen LogP contribution in [0.2, 0.25) is 0 Å². The van der Waals surface area contributed by atoms with Crippen molar-refractivity contribution in [3.8, 4) is 0 Å². The average Bonchev–Trinajstić information content (AvgIpc) is 2.91. The molecule has 25 heavy (non-hydrogen) atoms. The van der Waals surface area contributed by atoms with E-state index in [1.54, 1.807) is 11.9 Å². The van der Waals surface area contributed by atoms with Crippen LogP contribution in [-0.2, 0) is 11.3 Å². The fraction of sp³-hybridized carbons (Fsp3) is 0.421. The van der Waals surface area contributed by atoms with E-state index in [1.807, 2.05) is 55.8 Å². The Morgan fingerprint density at radius 3 is 2.40 bits per heavy atom. The third-order valence-electron chi connectivity index (χ3n) is 4.03. The monoisotopic (exact) mass is 342 g/mol. The third kappa shape index (κ3) is 4.92. The van der Waals surface area contributed by atoms with Gasteiger partial charge in [0.2, 0.25) is 5.91 Å². The van der Waals surface area contributed by atoms with Gasteiger partial charge in [-0.05, 0) is 44.0 Å². The predicted octanol–water partition coefficient (Wildman–Crippen LogP) is 2.15. The van der Waals surface area contributed by atoms with Crippen molar-refractivity contribution < 1.29 is 9.59 Å². The number of nitrogens with one attached hydrogen (secondary N) is 1. The van der Waals surface area contributed by atoms with Crippen LogP contribution in [0.3, 0.4) is 0 Å². The molecular formula is C19H26N4O2. The fourth-order valence-electron chi connectivity index (χ4n) is 2.72. The van der Waals surface area contributed by atoms with Gasteiger partial charge in [-0.1, -0.05) is 19.1 Å². The minimum Gasteiger partial charge on any atom is -0.358 e. The molecule has 6 heteroatoms. The molecule has 134 valence electrons. The Morgan fingerprint density at radius 1 is 1.20 bits per heavy atom. The molecule has 0 atom stereocenters. The van der Waals surface area contributed by atoms with Crippen molar-refractivity contribution in [1.29, 1.82) is 0 Å².